The highest BCUT2D eigenvalue weighted by atomic mass is 31.2. The molecule has 0 heterocycles. The van der Waals surface area contributed by atoms with Crippen LogP contribution in [0.2, 0.25) is 0 Å². The summed E-state index contributed by atoms with van der Waals surface area (Å²) >= 11 is 0. The van der Waals surface area contributed by atoms with Crippen molar-refractivity contribution in [2.24, 2.45) is 0 Å². The Morgan fingerprint density at radius 1 is 0.826 bits per heavy atom. The first-order chi connectivity index (χ1) is 10.6. The lowest BCUT2D eigenvalue weighted by Gasteiger charge is -2.03. The summed E-state index contributed by atoms with van der Waals surface area (Å²) in [5.74, 6) is -0.377. The molecular formula is C18H31O4P. The van der Waals surface area contributed by atoms with Gasteiger partial charge in [-0.05, 0) is 59.8 Å². The molecule has 0 aromatic heterocycles. The topological polar surface area (TPSA) is 74.6 Å². The Hall–Kier alpha value is -0.960. The van der Waals surface area contributed by atoms with Gasteiger partial charge in [-0.2, -0.15) is 0 Å². The molecule has 0 unspecified atom stereocenters. The van der Waals surface area contributed by atoms with Crippen LogP contribution >= 0.6 is 7.60 Å². The minimum Gasteiger partial charge on any atom is -0.324 e. The SMILES string of the molecule is CC(C)=CCC/C(C)=C/CC/C(C)=C/CCC(=O)CP(=O)(O)O. The zero-order valence-corrected chi connectivity index (χ0v) is 15.7. The van der Waals surface area contributed by atoms with Gasteiger partial charge in [0, 0.05) is 6.42 Å². The molecule has 0 saturated heterocycles. The van der Waals surface area contributed by atoms with E-state index >= 15 is 0 Å². The molecule has 4 nitrogen and oxygen atoms in total. The van der Waals surface area contributed by atoms with Gasteiger partial charge in [0.2, 0.25) is 0 Å². The van der Waals surface area contributed by atoms with Gasteiger partial charge in [0.1, 0.15) is 11.9 Å². The van der Waals surface area contributed by atoms with Crippen LogP contribution in [0, 0.1) is 0 Å². The molecule has 0 amide bonds. The molecule has 5 heteroatoms. The number of Topliss-reactive ketones (excluding diaryl/α,β-unsaturated/α-hetero) is 1. The van der Waals surface area contributed by atoms with Crippen LogP contribution in [0.3, 0.4) is 0 Å². The Labute approximate surface area is 140 Å². The Balaban J connectivity index is 4.00. The van der Waals surface area contributed by atoms with Gasteiger partial charge in [0.05, 0.1) is 0 Å². The summed E-state index contributed by atoms with van der Waals surface area (Å²) in [7, 11) is -4.21. The van der Waals surface area contributed by atoms with Crippen LogP contribution in [0.1, 0.15) is 66.2 Å². The quantitative estimate of drug-likeness (QED) is 0.412. The maximum absolute atomic E-state index is 11.4. The lowest BCUT2D eigenvalue weighted by Crippen LogP contribution is -2.04. The van der Waals surface area contributed by atoms with Crippen molar-refractivity contribution in [1.82, 2.24) is 0 Å². The number of rotatable bonds is 11. The highest BCUT2D eigenvalue weighted by molar-refractivity contribution is 7.52. The Bertz CT molecular complexity index is 505. The van der Waals surface area contributed by atoms with Crippen LogP contribution in [0.25, 0.3) is 0 Å². The molecule has 0 aromatic rings. The van der Waals surface area contributed by atoms with Crippen molar-refractivity contribution in [3.8, 4) is 0 Å². The van der Waals surface area contributed by atoms with Gasteiger partial charge in [-0.25, -0.2) is 0 Å². The van der Waals surface area contributed by atoms with Crippen LogP contribution in [0.4, 0.5) is 0 Å². The lowest BCUT2D eigenvalue weighted by atomic mass is 10.1. The van der Waals surface area contributed by atoms with E-state index in [9.17, 15) is 9.36 Å². The molecule has 0 aromatic carbocycles. The molecule has 132 valence electrons. The second-order valence-electron chi connectivity index (χ2n) is 6.36. The molecule has 0 atom stereocenters. The van der Waals surface area contributed by atoms with E-state index < -0.39 is 13.8 Å². The molecule has 0 aliphatic carbocycles. The molecule has 0 aliphatic heterocycles. The Morgan fingerprint density at radius 3 is 1.70 bits per heavy atom. The van der Waals surface area contributed by atoms with Crippen LogP contribution in [0.5, 0.6) is 0 Å². The number of carbonyl (C=O) groups is 1. The second-order valence-corrected chi connectivity index (χ2v) is 8.01. The monoisotopic (exact) mass is 342 g/mol. The summed E-state index contributed by atoms with van der Waals surface area (Å²) < 4.78 is 10.7. The number of hydrogen-bond acceptors (Lipinski definition) is 2. The van der Waals surface area contributed by atoms with E-state index in [0.29, 0.717) is 6.42 Å². The molecule has 0 aliphatic rings. The van der Waals surface area contributed by atoms with Crippen molar-refractivity contribution >= 4 is 13.4 Å². The zero-order chi connectivity index (χ0) is 17.9. The van der Waals surface area contributed by atoms with Gasteiger partial charge in [0.25, 0.3) is 0 Å². The average Bonchev–Trinajstić information content (AvgIpc) is 2.35. The van der Waals surface area contributed by atoms with Gasteiger partial charge in [-0.1, -0.05) is 34.9 Å². The third-order valence-corrected chi connectivity index (χ3v) is 4.19. The van der Waals surface area contributed by atoms with Crippen LogP contribution in [-0.4, -0.2) is 21.7 Å². The fourth-order valence-electron chi connectivity index (χ4n) is 2.13. The van der Waals surface area contributed by atoms with E-state index in [0.717, 1.165) is 25.7 Å². The van der Waals surface area contributed by atoms with E-state index in [4.69, 9.17) is 9.79 Å². The van der Waals surface area contributed by atoms with E-state index in [1.54, 1.807) is 0 Å². The average molecular weight is 342 g/mol. The standard InChI is InChI=1S/C18H31O4P/c1-15(2)8-5-9-16(3)10-6-11-17(4)12-7-13-18(19)14-23(20,21)22/h8,10,12H,5-7,9,11,13-14H2,1-4H3,(H2,20,21,22)/b16-10+,17-12+. The fourth-order valence-corrected chi connectivity index (χ4v) is 2.74. The smallest absolute Gasteiger partial charge is 0.324 e. The van der Waals surface area contributed by atoms with Crippen molar-refractivity contribution in [2.75, 3.05) is 6.16 Å². The van der Waals surface area contributed by atoms with E-state index in [-0.39, 0.29) is 12.2 Å². The summed E-state index contributed by atoms with van der Waals surface area (Å²) in [5, 5.41) is 0. The molecule has 0 fully saturated rings. The number of hydrogen-bond donors (Lipinski definition) is 2. The molecule has 23 heavy (non-hydrogen) atoms. The highest BCUT2D eigenvalue weighted by Crippen LogP contribution is 2.34. The van der Waals surface area contributed by atoms with Crippen molar-refractivity contribution in [3.63, 3.8) is 0 Å². The summed E-state index contributed by atoms with van der Waals surface area (Å²) in [5.41, 5.74) is 3.96. The summed E-state index contributed by atoms with van der Waals surface area (Å²) in [6.45, 7) is 8.40. The summed E-state index contributed by atoms with van der Waals surface area (Å²) in [6, 6.07) is 0. The highest BCUT2D eigenvalue weighted by Gasteiger charge is 2.17. The summed E-state index contributed by atoms with van der Waals surface area (Å²) in [4.78, 5) is 28.8. The molecule has 0 saturated carbocycles. The van der Waals surface area contributed by atoms with Crippen molar-refractivity contribution in [3.05, 3.63) is 34.9 Å². The van der Waals surface area contributed by atoms with Crippen molar-refractivity contribution in [2.45, 2.75) is 66.2 Å². The second kappa shape index (κ2) is 11.6. The maximum Gasteiger partial charge on any atom is 0.332 e. The van der Waals surface area contributed by atoms with Gasteiger partial charge >= 0.3 is 7.60 Å². The summed E-state index contributed by atoms with van der Waals surface area (Å²) in [6.07, 6.45) is 10.7. The number of carbonyl (C=O) groups excluding carboxylic acids is 1. The normalized spacial score (nSPS) is 13.1. The molecule has 0 rings (SSSR count). The van der Waals surface area contributed by atoms with E-state index in [2.05, 4.69) is 32.9 Å². The zero-order valence-electron chi connectivity index (χ0n) is 14.8. The third kappa shape index (κ3) is 15.7. The first kappa shape index (κ1) is 22.0. The van der Waals surface area contributed by atoms with Gasteiger partial charge in [-0.15, -0.1) is 0 Å². The molecule has 2 N–H and O–H groups in total. The van der Waals surface area contributed by atoms with Crippen LogP contribution in [0.15, 0.2) is 34.9 Å². The Kier molecular flexibility index (Phi) is 11.1. The minimum absolute atomic E-state index is 0.194. The predicted octanol–water partition coefficient (Wildman–Crippen LogP) is 4.93. The first-order valence-electron chi connectivity index (χ1n) is 8.11. The fraction of sp³-hybridized carbons (Fsp3) is 0.611. The van der Waals surface area contributed by atoms with E-state index in [1.807, 2.05) is 13.0 Å². The van der Waals surface area contributed by atoms with E-state index in [1.165, 1.54) is 16.7 Å². The molecule has 0 bridgehead atoms. The number of ketones is 1. The number of allylic oxidation sites excluding steroid dienone is 6. The third-order valence-electron chi connectivity index (χ3n) is 3.42. The predicted molar refractivity (Wildman–Crippen MR) is 96.6 cm³/mol. The molecule has 0 radical (unpaired) electrons. The maximum atomic E-state index is 11.4. The van der Waals surface area contributed by atoms with Gasteiger partial charge in [-0.3, -0.25) is 9.36 Å². The van der Waals surface area contributed by atoms with Crippen molar-refractivity contribution in [1.29, 1.82) is 0 Å². The minimum atomic E-state index is -4.21. The largest absolute Gasteiger partial charge is 0.332 e. The van der Waals surface area contributed by atoms with Gasteiger partial charge < -0.3 is 9.79 Å². The van der Waals surface area contributed by atoms with Crippen LogP contribution in [-0.2, 0) is 9.36 Å². The van der Waals surface area contributed by atoms with Crippen LogP contribution < -0.4 is 0 Å². The molecular weight excluding hydrogens is 311 g/mol. The Morgan fingerprint density at radius 2 is 1.26 bits per heavy atom. The van der Waals surface area contributed by atoms with Crippen molar-refractivity contribution < 1.29 is 19.1 Å². The first-order valence-corrected chi connectivity index (χ1v) is 9.91. The lowest BCUT2D eigenvalue weighted by molar-refractivity contribution is -0.116. The van der Waals surface area contributed by atoms with Gasteiger partial charge in [0.15, 0.2) is 0 Å². The molecule has 0 spiro atoms.